The fourth-order valence-corrected chi connectivity index (χ4v) is 2.38. The number of halogens is 1. The lowest BCUT2D eigenvalue weighted by atomic mass is 10.0. The molecule has 0 spiro atoms. The molecule has 0 aromatic heterocycles. The standard InChI is InChI=1S/C17H18ClNO/c1-13-7-5-6-10-15(13)11-17(20)19-16(12-18)14-8-3-2-4-9-14/h2-10,16H,11-12H2,1H3,(H,19,20). The molecule has 1 N–H and O–H groups in total. The maximum atomic E-state index is 12.1. The topological polar surface area (TPSA) is 29.1 Å². The molecular formula is C17H18ClNO. The minimum absolute atomic E-state index is 0.00574. The Morgan fingerprint density at radius 2 is 1.75 bits per heavy atom. The molecule has 0 bridgehead atoms. The summed E-state index contributed by atoms with van der Waals surface area (Å²) < 4.78 is 0. The van der Waals surface area contributed by atoms with Gasteiger partial charge in [0.25, 0.3) is 0 Å². The second kappa shape index (κ2) is 7.11. The fourth-order valence-electron chi connectivity index (χ4n) is 2.12. The van der Waals surface area contributed by atoms with Crippen LogP contribution in [-0.2, 0) is 11.2 Å². The van der Waals surface area contributed by atoms with Crippen molar-refractivity contribution < 1.29 is 4.79 Å². The number of carbonyl (C=O) groups excluding carboxylic acids is 1. The van der Waals surface area contributed by atoms with Crippen LogP contribution in [0.15, 0.2) is 54.6 Å². The largest absolute Gasteiger partial charge is 0.348 e. The highest BCUT2D eigenvalue weighted by Gasteiger charge is 2.14. The van der Waals surface area contributed by atoms with E-state index in [1.807, 2.05) is 61.5 Å². The average Bonchev–Trinajstić information content (AvgIpc) is 2.48. The molecule has 2 nitrogen and oxygen atoms in total. The number of benzene rings is 2. The lowest BCUT2D eigenvalue weighted by molar-refractivity contribution is -0.121. The van der Waals surface area contributed by atoms with Gasteiger partial charge in [0.1, 0.15) is 0 Å². The van der Waals surface area contributed by atoms with E-state index < -0.39 is 0 Å². The summed E-state index contributed by atoms with van der Waals surface area (Å²) in [6.45, 7) is 2.01. The van der Waals surface area contributed by atoms with Gasteiger partial charge in [0.05, 0.1) is 12.5 Å². The molecule has 1 unspecified atom stereocenters. The van der Waals surface area contributed by atoms with Gasteiger partial charge in [0, 0.05) is 5.88 Å². The van der Waals surface area contributed by atoms with Crippen LogP contribution in [-0.4, -0.2) is 11.8 Å². The summed E-state index contributed by atoms with van der Waals surface area (Å²) >= 11 is 5.97. The smallest absolute Gasteiger partial charge is 0.224 e. The Morgan fingerprint density at radius 1 is 1.10 bits per heavy atom. The van der Waals surface area contributed by atoms with E-state index in [0.29, 0.717) is 12.3 Å². The van der Waals surface area contributed by atoms with E-state index in [0.717, 1.165) is 16.7 Å². The Kier molecular flexibility index (Phi) is 5.19. The molecule has 104 valence electrons. The van der Waals surface area contributed by atoms with Crippen LogP contribution in [0, 0.1) is 6.92 Å². The van der Waals surface area contributed by atoms with E-state index in [2.05, 4.69) is 5.32 Å². The molecule has 0 saturated heterocycles. The van der Waals surface area contributed by atoms with Crippen molar-refractivity contribution in [2.45, 2.75) is 19.4 Å². The normalized spacial score (nSPS) is 11.9. The van der Waals surface area contributed by atoms with Crippen molar-refractivity contribution in [3.63, 3.8) is 0 Å². The van der Waals surface area contributed by atoms with Gasteiger partial charge >= 0.3 is 0 Å². The van der Waals surface area contributed by atoms with Crippen LogP contribution in [0.3, 0.4) is 0 Å². The van der Waals surface area contributed by atoms with Crippen LogP contribution < -0.4 is 5.32 Å². The van der Waals surface area contributed by atoms with Crippen molar-refractivity contribution >= 4 is 17.5 Å². The molecule has 0 saturated carbocycles. The fraction of sp³-hybridized carbons (Fsp3) is 0.235. The zero-order valence-corrected chi connectivity index (χ0v) is 12.2. The molecule has 0 heterocycles. The Labute approximate surface area is 124 Å². The highest BCUT2D eigenvalue weighted by molar-refractivity contribution is 6.18. The zero-order valence-electron chi connectivity index (χ0n) is 11.5. The monoisotopic (exact) mass is 287 g/mol. The van der Waals surface area contributed by atoms with E-state index in [4.69, 9.17) is 11.6 Å². The van der Waals surface area contributed by atoms with Crippen LogP contribution >= 0.6 is 11.6 Å². The molecule has 0 aliphatic heterocycles. The second-order valence-electron chi connectivity index (χ2n) is 4.79. The summed E-state index contributed by atoms with van der Waals surface area (Å²) in [5, 5.41) is 2.99. The lowest BCUT2D eigenvalue weighted by Crippen LogP contribution is -2.31. The number of alkyl halides is 1. The number of aryl methyl sites for hydroxylation is 1. The third kappa shape index (κ3) is 3.84. The minimum Gasteiger partial charge on any atom is -0.348 e. The first kappa shape index (κ1) is 14.6. The summed E-state index contributed by atoms with van der Waals surface area (Å²) in [5.41, 5.74) is 3.21. The third-order valence-electron chi connectivity index (χ3n) is 3.30. The van der Waals surface area contributed by atoms with Gasteiger partial charge in [-0.15, -0.1) is 11.6 Å². The molecule has 0 radical (unpaired) electrons. The van der Waals surface area contributed by atoms with Gasteiger partial charge in [-0.2, -0.15) is 0 Å². The lowest BCUT2D eigenvalue weighted by Gasteiger charge is -2.17. The molecule has 2 aromatic carbocycles. The van der Waals surface area contributed by atoms with Crippen LogP contribution in [0.1, 0.15) is 22.7 Å². The van der Waals surface area contributed by atoms with E-state index in [1.165, 1.54) is 0 Å². The molecular weight excluding hydrogens is 270 g/mol. The highest BCUT2D eigenvalue weighted by atomic mass is 35.5. The second-order valence-corrected chi connectivity index (χ2v) is 5.10. The Bertz CT molecular complexity index is 568. The van der Waals surface area contributed by atoms with Crippen LogP contribution in [0.25, 0.3) is 0 Å². The number of nitrogens with one attached hydrogen (secondary N) is 1. The minimum atomic E-state index is -0.144. The third-order valence-corrected chi connectivity index (χ3v) is 3.61. The van der Waals surface area contributed by atoms with Crippen molar-refractivity contribution in [2.75, 3.05) is 5.88 Å². The van der Waals surface area contributed by atoms with Crippen LogP contribution in [0.2, 0.25) is 0 Å². The molecule has 3 heteroatoms. The first-order chi connectivity index (χ1) is 9.70. The van der Waals surface area contributed by atoms with E-state index in [1.54, 1.807) is 0 Å². The SMILES string of the molecule is Cc1ccccc1CC(=O)NC(CCl)c1ccccc1. The van der Waals surface area contributed by atoms with Crippen LogP contribution in [0.4, 0.5) is 0 Å². The summed E-state index contributed by atoms with van der Waals surface area (Å²) in [6, 6.07) is 17.6. The molecule has 0 aliphatic rings. The first-order valence-electron chi connectivity index (χ1n) is 6.65. The van der Waals surface area contributed by atoms with Gasteiger partial charge in [-0.25, -0.2) is 0 Å². The summed E-state index contributed by atoms with van der Waals surface area (Å²) in [7, 11) is 0. The van der Waals surface area contributed by atoms with Gasteiger partial charge in [0.15, 0.2) is 0 Å². The maximum Gasteiger partial charge on any atom is 0.224 e. The van der Waals surface area contributed by atoms with Crippen molar-refractivity contribution in [3.05, 3.63) is 71.3 Å². The van der Waals surface area contributed by atoms with Crippen LogP contribution in [0.5, 0.6) is 0 Å². The van der Waals surface area contributed by atoms with Gasteiger partial charge in [-0.3, -0.25) is 4.79 Å². The Balaban J connectivity index is 2.02. The number of rotatable bonds is 5. The summed E-state index contributed by atoms with van der Waals surface area (Å²) in [4.78, 5) is 12.1. The van der Waals surface area contributed by atoms with Crippen molar-refractivity contribution in [2.24, 2.45) is 0 Å². The van der Waals surface area contributed by atoms with E-state index in [9.17, 15) is 4.79 Å². The molecule has 2 rings (SSSR count). The molecule has 0 fully saturated rings. The van der Waals surface area contributed by atoms with E-state index >= 15 is 0 Å². The van der Waals surface area contributed by atoms with Crippen molar-refractivity contribution in [3.8, 4) is 0 Å². The Hall–Kier alpha value is -1.80. The molecule has 1 amide bonds. The van der Waals surface area contributed by atoms with Gasteiger partial charge < -0.3 is 5.32 Å². The number of hydrogen-bond donors (Lipinski definition) is 1. The van der Waals surface area contributed by atoms with Gasteiger partial charge in [-0.05, 0) is 23.6 Å². The molecule has 1 atom stereocenters. The average molecular weight is 288 g/mol. The maximum absolute atomic E-state index is 12.1. The number of amides is 1. The van der Waals surface area contributed by atoms with E-state index in [-0.39, 0.29) is 11.9 Å². The number of hydrogen-bond acceptors (Lipinski definition) is 1. The molecule has 2 aromatic rings. The van der Waals surface area contributed by atoms with Gasteiger partial charge in [0.2, 0.25) is 5.91 Å². The first-order valence-corrected chi connectivity index (χ1v) is 7.19. The number of carbonyl (C=O) groups is 1. The summed E-state index contributed by atoms with van der Waals surface area (Å²) in [6.07, 6.45) is 0.382. The quantitative estimate of drug-likeness (QED) is 0.836. The highest BCUT2D eigenvalue weighted by Crippen LogP contribution is 2.15. The zero-order chi connectivity index (χ0) is 14.4. The van der Waals surface area contributed by atoms with Crippen molar-refractivity contribution in [1.82, 2.24) is 5.32 Å². The predicted octanol–water partition coefficient (Wildman–Crippen LogP) is 3.63. The molecule has 20 heavy (non-hydrogen) atoms. The predicted molar refractivity (Wildman–Crippen MR) is 82.9 cm³/mol. The Morgan fingerprint density at radius 3 is 2.40 bits per heavy atom. The summed E-state index contributed by atoms with van der Waals surface area (Å²) in [5.74, 6) is 0.359. The molecule has 0 aliphatic carbocycles. The van der Waals surface area contributed by atoms with Gasteiger partial charge in [-0.1, -0.05) is 54.6 Å². The van der Waals surface area contributed by atoms with Crippen molar-refractivity contribution in [1.29, 1.82) is 0 Å².